The van der Waals surface area contributed by atoms with Gasteiger partial charge in [0.25, 0.3) is 0 Å². The second kappa shape index (κ2) is 7.34. The molecule has 3 aliphatic heterocycles. The molecule has 3 saturated carbocycles. The second-order valence-corrected chi connectivity index (χ2v) is 12.1. The molecule has 6 aliphatic rings. The first-order chi connectivity index (χ1) is 16.3. The Labute approximate surface area is 201 Å². The number of ether oxygens (including phenoxy) is 1. The molecule has 6 nitrogen and oxygen atoms in total. The van der Waals surface area contributed by atoms with Crippen molar-refractivity contribution < 1.29 is 23.3 Å². The van der Waals surface area contributed by atoms with Crippen LogP contribution in [-0.2, 0) is 25.3 Å². The van der Waals surface area contributed by atoms with Crippen LogP contribution in [0.1, 0.15) is 58.4 Å². The van der Waals surface area contributed by atoms with Crippen LogP contribution in [0, 0.1) is 23.2 Å². The number of hydrogen-bond acceptors (Lipinski definition) is 5. The van der Waals surface area contributed by atoms with Gasteiger partial charge in [-0.15, -0.1) is 0 Å². The van der Waals surface area contributed by atoms with E-state index in [4.69, 9.17) is 18.5 Å². The van der Waals surface area contributed by atoms with E-state index in [2.05, 4.69) is 32.2 Å². The maximum atomic E-state index is 13.4. The average Bonchev–Trinajstić information content (AvgIpc) is 3.60. The smallest absolute Gasteiger partial charge is 0.464 e. The first-order valence-corrected chi connectivity index (χ1v) is 13.1. The molecular formula is C27H34BNO5. The zero-order chi connectivity index (χ0) is 23.2. The van der Waals surface area contributed by atoms with Gasteiger partial charge in [0.05, 0.1) is 42.0 Å². The summed E-state index contributed by atoms with van der Waals surface area (Å²) in [5.41, 5.74) is 1.91. The van der Waals surface area contributed by atoms with Crippen LogP contribution in [-0.4, -0.2) is 42.9 Å². The van der Waals surface area contributed by atoms with Gasteiger partial charge in [0.15, 0.2) is 0 Å². The number of amides is 1. The predicted molar refractivity (Wildman–Crippen MR) is 128 cm³/mol. The van der Waals surface area contributed by atoms with Crippen molar-refractivity contribution in [3.8, 4) is 0 Å². The molecule has 4 heterocycles. The highest BCUT2D eigenvalue weighted by Crippen LogP contribution is 2.65. The summed E-state index contributed by atoms with van der Waals surface area (Å²) in [6.07, 6.45) is 7.92. The highest BCUT2D eigenvalue weighted by molar-refractivity contribution is 6.48. The minimum atomic E-state index is -0.470. The van der Waals surface area contributed by atoms with Crippen LogP contribution in [0.2, 0.25) is 0 Å². The quantitative estimate of drug-likeness (QED) is 0.670. The minimum absolute atomic E-state index is 0.0546. The van der Waals surface area contributed by atoms with Gasteiger partial charge in [-0.05, 0) is 74.3 Å². The number of rotatable bonds is 5. The lowest BCUT2D eigenvalue weighted by Crippen LogP contribution is -2.65. The Morgan fingerprint density at radius 3 is 2.79 bits per heavy atom. The number of fused-ring (bicyclic) bond motifs is 3. The molecule has 1 N–H and O–H groups in total. The van der Waals surface area contributed by atoms with Gasteiger partial charge in [-0.2, -0.15) is 0 Å². The normalized spacial score (nSPS) is 40.3. The Morgan fingerprint density at radius 2 is 2.03 bits per heavy atom. The van der Waals surface area contributed by atoms with Crippen LogP contribution in [0.5, 0.6) is 0 Å². The summed E-state index contributed by atoms with van der Waals surface area (Å²) < 4.78 is 25.2. The largest absolute Gasteiger partial charge is 0.482 e. The van der Waals surface area contributed by atoms with Gasteiger partial charge in [0, 0.05) is 5.39 Å². The van der Waals surface area contributed by atoms with Gasteiger partial charge < -0.3 is 23.8 Å². The van der Waals surface area contributed by atoms with E-state index in [9.17, 15) is 4.79 Å². The lowest BCUT2D eigenvalue weighted by Gasteiger charge is -2.64. The fourth-order valence-electron chi connectivity index (χ4n) is 7.92. The molecule has 1 aromatic heterocycles. The van der Waals surface area contributed by atoms with E-state index in [1.54, 1.807) is 0 Å². The molecule has 34 heavy (non-hydrogen) atoms. The summed E-state index contributed by atoms with van der Waals surface area (Å²) in [4.78, 5) is 13.4. The average molecular weight is 463 g/mol. The third kappa shape index (κ3) is 3.02. The first kappa shape index (κ1) is 21.5. The molecule has 0 radical (unpaired) electrons. The van der Waals surface area contributed by atoms with E-state index >= 15 is 0 Å². The van der Waals surface area contributed by atoms with Gasteiger partial charge >= 0.3 is 7.12 Å². The Hall–Kier alpha value is -1.83. The van der Waals surface area contributed by atoms with Crippen LogP contribution in [0.25, 0.3) is 11.0 Å². The van der Waals surface area contributed by atoms with Gasteiger partial charge in [-0.1, -0.05) is 32.0 Å². The molecule has 0 unspecified atom stereocenters. The molecule has 4 bridgehead atoms. The summed E-state index contributed by atoms with van der Waals surface area (Å²) in [5, 5.41) is 4.43. The summed E-state index contributed by atoms with van der Waals surface area (Å²) in [6, 6.07) is 8.06. The Kier molecular flexibility index (Phi) is 4.63. The van der Waals surface area contributed by atoms with Crippen molar-refractivity contribution in [3.63, 3.8) is 0 Å². The van der Waals surface area contributed by atoms with E-state index < -0.39 is 7.12 Å². The SMILES string of the molecule is CC1(C)[C@@H]2C[C@H]3OB([C@H](Cc4coc5ccccc45)NC(=O)[C@@H]4C[C@H]5CC[C@@H]4O5)O[C@@]3(C)[C@H]1C2. The van der Waals surface area contributed by atoms with Crippen molar-refractivity contribution in [2.75, 3.05) is 0 Å². The number of hydrogen-bond donors (Lipinski definition) is 1. The predicted octanol–water partition coefficient (Wildman–Crippen LogP) is 4.30. The van der Waals surface area contributed by atoms with Crippen LogP contribution >= 0.6 is 0 Å². The fraction of sp³-hybridized carbons (Fsp3) is 0.667. The lowest BCUT2D eigenvalue weighted by molar-refractivity contribution is -0.199. The highest BCUT2D eigenvalue weighted by Gasteiger charge is 2.68. The number of para-hydroxylation sites is 1. The summed E-state index contributed by atoms with van der Waals surface area (Å²) in [6.45, 7) is 6.97. The maximum absolute atomic E-state index is 13.4. The fourth-order valence-corrected chi connectivity index (χ4v) is 7.92. The second-order valence-electron chi connectivity index (χ2n) is 12.1. The van der Waals surface area contributed by atoms with Crippen molar-refractivity contribution in [1.82, 2.24) is 5.32 Å². The van der Waals surface area contributed by atoms with Crippen LogP contribution in [0.15, 0.2) is 34.9 Å². The number of nitrogens with one attached hydrogen (secondary N) is 1. The number of furan rings is 1. The Morgan fingerprint density at radius 1 is 1.18 bits per heavy atom. The van der Waals surface area contributed by atoms with Crippen LogP contribution < -0.4 is 5.32 Å². The molecule has 180 valence electrons. The third-order valence-corrected chi connectivity index (χ3v) is 10.1. The first-order valence-electron chi connectivity index (χ1n) is 13.1. The third-order valence-electron chi connectivity index (χ3n) is 10.1. The van der Waals surface area contributed by atoms with Gasteiger partial charge in [0.1, 0.15) is 5.58 Å². The van der Waals surface area contributed by atoms with E-state index in [1.165, 1.54) is 6.42 Å². The zero-order valence-corrected chi connectivity index (χ0v) is 20.3. The zero-order valence-electron chi connectivity index (χ0n) is 20.3. The molecule has 2 aromatic rings. The topological polar surface area (TPSA) is 69.9 Å². The van der Waals surface area contributed by atoms with Crippen LogP contribution in [0.3, 0.4) is 0 Å². The van der Waals surface area contributed by atoms with Gasteiger partial charge in [-0.3, -0.25) is 4.79 Å². The van der Waals surface area contributed by atoms with E-state index in [0.717, 1.165) is 42.2 Å². The van der Waals surface area contributed by atoms with E-state index in [1.807, 2.05) is 24.5 Å². The molecule has 1 amide bonds. The lowest BCUT2D eigenvalue weighted by atomic mass is 9.43. The number of carbonyl (C=O) groups is 1. The molecule has 8 rings (SSSR count). The van der Waals surface area contributed by atoms with Crippen molar-refractivity contribution >= 4 is 24.0 Å². The molecule has 8 atom stereocenters. The highest BCUT2D eigenvalue weighted by atomic mass is 16.7. The molecule has 0 spiro atoms. The monoisotopic (exact) mass is 463 g/mol. The number of carbonyl (C=O) groups excluding carboxylic acids is 1. The summed E-state index contributed by atoms with van der Waals surface area (Å²) >= 11 is 0. The standard InChI is InChI=1S/C27H34BNO5/c1-26(2)16-11-22(26)27(3)23(12-16)33-28(34-27)24(10-15-14-31-20-7-5-4-6-18(15)20)29-25(30)19-13-17-8-9-21(19)32-17/h4-7,14,16-17,19,21-24H,8-13H2,1-3H3,(H,29,30)/t16-,17+,19+,21-,22-,23+,24-,27-/m0/s1. The summed E-state index contributed by atoms with van der Waals surface area (Å²) in [5.74, 6) is 0.888. The minimum Gasteiger partial charge on any atom is -0.464 e. The van der Waals surface area contributed by atoms with Gasteiger partial charge in [-0.25, -0.2) is 0 Å². The molecule has 1 aromatic carbocycles. The molecule has 3 saturated heterocycles. The van der Waals surface area contributed by atoms with E-state index in [0.29, 0.717) is 18.3 Å². The molecule has 3 aliphatic carbocycles. The molecular weight excluding hydrogens is 429 g/mol. The van der Waals surface area contributed by atoms with Crippen molar-refractivity contribution in [1.29, 1.82) is 0 Å². The molecule has 7 heteroatoms. The van der Waals surface area contributed by atoms with Crippen molar-refractivity contribution in [3.05, 3.63) is 36.1 Å². The Bertz CT molecular complexity index is 1130. The molecule has 6 fully saturated rings. The maximum Gasteiger partial charge on any atom is 0.482 e. The van der Waals surface area contributed by atoms with E-state index in [-0.39, 0.29) is 47.1 Å². The van der Waals surface area contributed by atoms with Crippen LogP contribution in [0.4, 0.5) is 0 Å². The summed E-state index contributed by atoms with van der Waals surface area (Å²) in [7, 11) is -0.470. The number of benzene rings is 1. The van der Waals surface area contributed by atoms with Gasteiger partial charge in [0.2, 0.25) is 5.91 Å². The van der Waals surface area contributed by atoms with Crippen molar-refractivity contribution in [2.24, 2.45) is 23.2 Å². The Balaban J connectivity index is 1.17. The van der Waals surface area contributed by atoms with Crippen molar-refractivity contribution in [2.45, 2.75) is 89.2 Å².